The fraction of sp³-hybridized carbons (Fsp3) is 0.200. The Morgan fingerprint density at radius 2 is 2.41 bits per heavy atom. The molecule has 86 valence electrons. The molecular weight excluding hydrogens is 238 g/mol. The Labute approximate surface area is 101 Å². The summed E-state index contributed by atoms with van der Waals surface area (Å²) in [6.45, 7) is 1.50. The van der Waals surface area contributed by atoms with Gasteiger partial charge in [-0.1, -0.05) is 17.7 Å². The van der Waals surface area contributed by atoms with E-state index in [0.717, 1.165) is 11.8 Å². The van der Waals surface area contributed by atoms with Gasteiger partial charge in [-0.2, -0.15) is 5.10 Å². The maximum absolute atomic E-state index is 10.7. The molecule has 0 saturated carbocycles. The van der Waals surface area contributed by atoms with Gasteiger partial charge in [-0.25, -0.2) is 9.97 Å². The first-order valence-electron chi connectivity index (χ1n) is 4.75. The lowest BCUT2D eigenvalue weighted by Crippen LogP contribution is -1.92. The molecule has 0 unspecified atom stereocenters. The highest BCUT2D eigenvalue weighted by atomic mass is 32.2. The molecular formula is C10H9N5OS. The molecule has 0 spiro atoms. The number of nitrogens with one attached hydrogen (secondary N) is 1. The van der Waals surface area contributed by atoms with Crippen LogP contribution in [0.5, 0.6) is 0 Å². The van der Waals surface area contributed by atoms with Gasteiger partial charge in [0.1, 0.15) is 17.8 Å². The first kappa shape index (κ1) is 11.4. The second-order valence-electron chi connectivity index (χ2n) is 3.14. The van der Waals surface area contributed by atoms with Crippen LogP contribution in [0.1, 0.15) is 12.6 Å². The van der Waals surface area contributed by atoms with Gasteiger partial charge in [0.05, 0.1) is 11.1 Å². The van der Waals surface area contributed by atoms with Crippen molar-refractivity contribution in [2.24, 2.45) is 0 Å². The van der Waals surface area contributed by atoms with Crippen LogP contribution < -0.4 is 5.73 Å². The molecule has 0 amide bonds. The lowest BCUT2D eigenvalue weighted by atomic mass is 10.3. The minimum Gasteiger partial charge on any atom is -0.383 e. The molecule has 0 aliphatic heterocycles. The number of hydrogen-bond donors (Lipinski definition) is 2. The molecule has 7 heteroatoms. The molecule has 2 heterocycles. The Bertz CT molecular complexity index is 624. The van der Waals surface area contributed by atoms with Gasteiger partial charge < -0.3 is 5.73 Å². The monoisotopic (exact) mass is 247 g/mol. The maximum Gasteiger partial charge on any atom is 0.187 e. The van der Waals surface area contributed by atoms with E-state index in [2.05, 4.69) is 32.0 Å². The van der Waals surface area contributed by atoms with Gasteiger partial charge in [-0.15, -0.1) is 0 Å². The minimum atomic E-state index is 0.0385. The van der Waals surface area contributed by atoms with E-state index in [1.54, 1.807) is 0 Å². The Morgan fingerprint density at radius 1 is 1.59 bits per heavy atom. The van der Waals surface area contributed by atoms with Crippen molar-refractivity contribution in [1.29, 1.82) is 0 Å². The first-order chi connectivity index (χ1) is 8.18. The van der Waals surface area contributed by atoms with Crippen molar-refractivity contribution in [1.82, 2.24) is 20.2 Å². The molecule has 0 fully saturated rings. The van der Waals surface area contributed by atoms with E-state index in [9.17, 15) is 4.79 Å². The van der Waals surface area contributed by atoms with Crippen molar-refractivity contribution in [3.8, 4) is 11.8 Å². The molecule has 0 atom stereocenters. The van der Waals surface area contributed by atoms with Crippen molar-refractivity contribution in [2.75, 3.05) is 11.5 Å². The fourth-order valence-corrected chi connectivity index (χ4v) is 1.58. The molecule has 0 radical (unpaired) electrons. The second kappa shape index (κ2) is 4.84. The zero-order valence-corrected chi connectivity index (χ0v) is 9.84. The van der Waals surface area contributed by atoms with Crippen LogP contribution in [-0.4, -0.2) is 31.0 Å². The van der Waals surface area contributed by atoms with Crippen LogP contribution in [0.3, 0.4) is 0 Å². The van der Waals surface area contributed by atoms with Crippen molar-refractivity contribution in [3.05, 3.63) is 12.0 Å². The quantitative estimate of drug-likeness (QED) is 0.715. The average molecular weight is 247 g/mol. The number of nitrogen functional groups attached to an aromatic ring is 1. The molecule has 0 aliphatic carbocycles. The summed E-state index contributed by atoms with van der Waals surface area (Å²) in [4.78, 5) is 18.5. The summed E-state index contributed by atoms with van der Waals surface area (Å²) in [7, 11) is 0. The molecule has 17 heavy (non-hydrogen) atoms. The molecule has 0 aliphatic rings. The summed E-state index contributed by atoms with van der Waals surface area (Å²) < 4.78 is 0. The molecule has 0 aromatic carbocycles. The fourth-order valence-electron chi connectivity index (χ4n) is 1.23. The van der Waals surface area contributed by atoms with E-state index in [0.29, 0.717) is 28.3 Å². The lowest BCUT2D eigenvalue weighted by Gasteiger charge is -1.92. The van der Waals surface area contributed by atoms with E-state index >= 15 is 0 Å². The predicted molar refractivity (Wildman–Crippen MR) is 66.1 cm³/mol. The molecule has 0 saturated heterocycles. The number of rotatable bonds is 1. The Morgan fingerprint density at radius 3 is 3.18 bits per heavy atom. The molecule has 3 N–H and O–H groups in total. The summed E-state index contributed by atoms with van der Waals surface area (Å²) in [6, 6.07) is 0. The number of aromatic nitrogens is 4. The van der Waals surface area contributed by atoms with Crippen molar-refractivity contribution >= 4 is 33.7 Å². The van der Waals surface area contributed by atoms with Crippen molar-refractivity contribution in [2.45, 2.75) is 6.92 Å². The Kier molecular flexibility index (Phi) is 3.25. The zero-order chi connectivity index (χ0) is 12.3. The number of nitrogens with zero attached hydrogens (tertiary/aromatic N) is 3. The van der Waals surface area contributed by atoms with Gasteiger partial charge in [-0.3, -0.25) is 9.89 Å². The molecule has 2 aromatic rings. The van der Waals surface area contributed by atoms with E-state index in [-0.39, 0.29) is 5.12 Å². The molecule has 2 aromatic heterocycles. The van der Waals surface area contributed by atoms with Crippen molar-refractivity contribution in [3.63, 3.8) is 0 Å². The molecule has 2 rings (SSSR count). The lowest BCUT2D eigenvalue weighted by molar-refractivity contribution is -0.109. The largest absolute Gasteiger partial charge is 0.383 e. The van der Waals surface area contributed by atoms with E-state index in [1.807, 2.05) is 0 Å². The SMILES string of the molecule is CC(=O)SCC#Cc1[nH]nc2ncnc(N)c12. The summed E-state index contributed by atoms with van der Waals surface area (Å²) in [5.41, 5.74) is 6.77. The number of nitrogens with two attached hydrogens (primary N) is 1. The summed E-state index contributed by atoms with van der Waals surface area (Å²) >= 11 is 1.15. The van der Waals surface area contributed by atoms with Crippen LogP contribution in [0, 0.1) is 11.8 Å². The Hall–Kier alpha value is -2.07. The van der Waals surface area contributed by atoms with Crippen molar-refractivity contribution < 1.29 is 4.79 Å². The summed E-state index contributed by atoms with van der Waals surface area (Å²) in [6.07, 6.45) is 1.35. The van der Waals surface area contributed by atoms with Crippen LogP contribution in [0.25, 0.3) is 11.0 Å². The Balaban J connectivity index is 2.27. The number of anilines is 1. The van der Waals surface area contributed by atoms with Gasteiger partial charge >= 0.3 is 0 Å². The number of thioether (sulfide) groups is 1. The van der Waals surface area contributed by atoms with Crippen LogP contribution in [0.4, 0.5) is 5.82 Å². The number of carbonyl (C=O) groups is 1. The number of carbonyl (C=O) groups excluding carboxylic acids is 1. The topological polar surface area (TPSA) is 97.5 Å². The van der Waals surface area contributed by atoms with E-state index in [4.69, 9.17) is 5.73 Å². The smallest absolute Gasteiger partial charge is 0.187 e. The highest BCUT2D eigenvalue weighted by Gasteiger charge is 2.07. The zero-order valence-electron chi connectivity index (χ0n) is 9.02. The molecule has 0 bridgehead atoms. The summed E-state index contributed by atoms with van der Waals surface area (Å²) in [5.74, 6) is 6.49. The third kappa shape index (κ3) is 2.54. The van der Waals surface area contributed by atoms with Crippen LogP contribution in [0.2, 0.25) is 0 Å². The van der Waals surface area contributed by atoms with Gasteiger partial charge in [0.2, 0.25) is 0 Å². The number of H-pyrrole nitrogens is 1. The third-order valence-electron chi connectivity index (χ3n) is 1.94. The predicted octanol–water partition coefficient (Wildman–Crippen LogP) is 0.566. The highest BCUT2D eigenvalue weighted by molar-refractivity contribution is 8.13. The number of aromatic amines is 1. The van der Waals surface area contributed by atoms with E-state index < -0.39 is 0 Å². The second-order valence-corrected chi connectivity index (χ2v) is 4.29. The van der Waals surface area contributed by atoms with Gasteiger partial charge in [-0.05, 0) is 5.92 Å². The molecule has 6 nitrogen and oxygen atoms in total. The average Bonchev–Trinajstić information content (AvgIpc) is 2.69. The van der Waals surface area contributed by atoms with E-state index in [1.165, 1.54) is 13.3 Å². The standard InChI is InChI=1S/C10H9N5OS/c1-6(16)17-4-2-3-7-8-9(11)12-5-13-10(8)15-14-7/h5H,4H2,1H3,(H3,11,12,13,14,15). The number of hydrogen-bond acceptors (Lipinski definition) is 6. The van der Waals surface area contributed by atoms with Gasteiger partial charge in [0.15, 0.2) is 10.8 Å². The van der Waals surface area contributed by atoms with Gasteiger partial charge in [0, 0.05) is 6.92 Å². The number of fused-ring (bicyclic) bond motifs is 1. The first-order valence-corrected chi connectivity index (χ1v) is 5.74. The van der Waals surface area contributed by atoms with Gasteiger partial charge in [0.25, 0.3) is 0 Å². The van der Waals surface area contributed by atoms with Crippen LogP contribution in [-0.2, 0) is 4.79 Å². The van der Waals surface area contributed by atoms with Crippen LogP contribution >= 0.6 is 11.8 Å². The minimum absolute atomic E-state index is 0.0385. The summed E-state index contributed by atoms with van der Waals surface area (Å²) in [5, 5.41) is 7.36. The highest BCUT2D eigenvalue weighted by Crippen LogP contribution is 2.17. The van der Waals surface area contributed by atoms with Crippen LogP contribution in [0.15, 0.2) is 6.33 Å². The third-order valence-corrected chi connectivity index (χ3v) is 2.64. The normalized spacial score (nSPS) is 9.94. The maximum atomic E-state index is 10.7.